The largest absolute Gasteiger partial charge is 0.361 e. The highest BCUT2D eigenvalue weighted by Crippen LogP contribution is 2.35. The Morgan fingerprint density at radius 2 is 2.13 bits per heavy atom. The third-order valence-corrected chi connectivity index (χ3v) is 4.64. The highest BCUT2D eigenvalue weighted by atomic mass is 16.5. The molecular formula is C17H24N4O2. The van der Waals surface area contributed by atoms with Crippen LogP contribution in [0.25, 0.3) is 0 Å². The fourth-order valence-electron chi connectivity index (χ4n) is 3.58. The number of hydrogen-bond acceptors (Lipinski definition) is 4. The molecule has 2 aromatic rings. The van der Waals surface area contributed by atoms with Crippen LogP contribution in [0.4, 0.5) is 0 Å². The van der Waals surface area contributed by atoms with E-state index in [2.05, 4.69) is 10.3 Å². The molecule has 124 valence electrons. The van der Waals surface area contributed by atoms with Crippen LogP contribution in [-0.4, -0.2) is 32.3 Å². The molecule has 0 aromatic carbocycles. The molecule has 6 heteroatoms. The quantitative estimate of drug-likeness (QED) is 0.870. The van der Waals surface area contributed by atoms with Gasteiger partial charge in [-0.3, -0.25) is 9.48 Å². The van der Waals surface area contributed by atoms with Crippen molar-refractivity contribution in [3.8, 4) is 0 Å². The summed E-state index contributed by atoms with van der Waals surface area (Å²) < 4.78 is 7.19. The number of hydrogen-bond donors (Lipinski definition) is 0. The minimum absolute atomic E-state index is 0.106. The van der Waals surface area contributed by atoms with Crippen LogP contribution in [0, 0.1) is 27.7 Å². The minimum atomic E-state index is 0.106. The van der Waals surface area contributed by atoms with Gasteiger partial charge in [0.05, 0.1) is 17.4 Å². The molecule has 3 rings (SSSR count). The van der Waals surface area contributed by atoms with Crippen molar-refractivity contribution in [2.45, 2.75) is 59.5 Å². The first-order valence-electron chi connectivity index (χ1n) is 8.20. The van der Waals surface area contributed by atoms with E-state index in [0.717, 1.165) is 47.8 Å². The second-order valence-corrected chi connectivity index (χ2v) is 6.38. The predicted molar refractivity (Wildman–Crippen MR) is 86.0 cm³/mol. The summed E-state index contributed by atoms with van der Waals surface area (Å²) in [5.74, 6) is 1.01. The molecule has 2 aromatic heterocycles. The standard InChI is InChI=1S/C17H24N4O2/c1-11-10-12(2)21(18-11)9-7-16(22)20-8-5-6-15(20)17-13(3)19-23-14(17)4/h10,15H,5-9H2,1-4H3. The summed E-state index contributed by atoms with van der Waals surface area (Å²) in [5, 5.41) is 8.46. The molecule has 23 heavy (non-hydrogen) atoms. The van der Waals surface area contributed by atoms with Gasteiger partial charge in [0.1, 0.15) is 5.76 Å². The first-order valence-corrected chi connectivity index (χ1v) is 8.20. The molecular weight excluding hydrogens is 292 g/mol. The van der Waals surface area contributed by atoms with E-state index in [9.17, 15) is 4.79 Å². The molecule has 3 heterocycles. The van der Waals surface area contributed by atoms with Crippen molar-refractivity contribution in [2.24, 2.45) is 0 Å². The van der Waals surface area contributed by atoms with E-state index in [1.54, 1.807) is 0 Å². The summed E-state index contributed by atoms with van der Waals surface area (Å²) in [5.41, 5.74) is 4.07. The molecule has 0 aliphatic carbocycles. The summed E-state index contributed by atoms with van der Waals surface area (Å²) in [6, 6.07) is 2.14. The van der Waals surface area contributed by atoms with Gasteiger partial charge < -0.3 is 9.42 Å². The van der Waals surface area contributed by atoms with Crippen LogP contribution in [0.3, 0.4) is 0 Å². The molecule has 0 N–H and O–H groups in total. The van der Waals surface area contributed by atoms with E-state index in [0.29, 0.717) is 13.0 Å². The topological polar surface area (TPSA) is 64.2 Å². The number of rotatable bonds is 4. The molecule has 1 unspecified atom stereocenters. The number of aromatic nitrogens is 3. The van der Waals surface area contributed by atoms with Gasteiger partial charge in [0, 0.05) is 30.8 Å². The second kappa shape index (κ2) is 6.18. The molecule has 0 bridgehead atoms. The van der Waals surface area contributed by atoms with E-state index < -0.39 is 0 Å². The van der Waals surface area contributed by atoms with Crippen LogP contribution in [0.15, 0.2) is 10.6 Å². The van der Waals surface area contributed by atoms with Crippen molar-refractivity contribution in [1.29, 1.82) is 0 Å². The number of amides is 1. The zero-order valence-corrected chi connectivity index (χ0v) is 14.3. The Balaban J connectivity index is 1.70. The summed E-state index contributed by atoms with van der Waals surface area (Å²) in [7, 11) is 0. The molecule has 1 aliphatic heterocycles. The van der Waals surface area contributed by atoms with E-state index in [-0.39, 0.29) is 11.9 Å². The summed E-state index contributed by atoms with van der Waals surface area (Å²) in [4.78, 5) is 14.7. The number of carbonyl (C=O) groups excluding carboxylic acids is 1. The average molecular weight is 316 g/mol. The normalized spacial score (nSPS) is 17.9. The molecule has 6 nitrogen and oxygen atoms in total. The van der Waals surface area contributed by atoms with Gasteiger partial charge in [-0.2, -0.15) is 5.10 Å². The van der Waals surface area contributed by atoms with Crippen LogP contribution < -0.4 is 0 Å². The second-order valence-electron chi connectivity index (χ2n) is 6.38. The summed E-state index contributed by atoms with van der Waals surface area (Å²) in [6.07, 6.45) is 2.48. The zero-order chi connectivity index (χ0) is 16.6. The molecule has 1 aliphatic rings. The van der Waals surface area contributed by atoms with E-state index in [1.165, 1.54) is 0 Å². The van der Waals surface area contributed by atoms with Crippen molar-refractivity contribution in [2.75, 3.05) is 6.54 Å². The van der Waals surface area contributed by atoms with Gasteiger partial charge in [0.2, 0.25) is 5.91 Å². The SMILES string of the molecule is Cc1cc(C)n(CCC(=O)N2CCCC2c2c(C)noc2C)n1. The fraction of sp³-hybridized carbons (Fsp3) is 0.588. The first kappa shape index (κ1) is 15.8. The number of aryl methyl sites for hydroxylation is 5. The van der Waals surface area contributed by atoms with Gasteiger partial charge in [0.15, 0.2) is 0 Å². The Hall–Kier alpha value is -2.11. The maximum absolute atomic E-state index is 12.7. The summed E-state index contributed by atoms with van der Waals surface area (Å²) >= 11 is 0. The summed E-state index contributed by atoms with van der Waals surface area (Å²) in [6.45, 7) is 9.30. The van der Waals surface area contributed by atoms with Gasteiger partial charge in [-0.05, 0) is 46.6 Å². The van der Waals surface area contributed by atoms with Crippen LogP contribution >= 0.6 is 0 Å². The number of nitrogens with zero attached hydrogens (tertiary/aromatic N) is 4. The number of carbonyl (C=O) groups is 1. The van der Waals surface area contributed by atoms with Crippen molar-refractivity contribution < 1.29 is 9.32 Å². The molecule has 1 saturated heterocycles. The molecule has 0 saturated carbocycles. The van der Waals surface area contributed by atoms with E-state index in [1.807, 2.05) is 43.3 Å². The lowest BCUT2D eigenvalue weighted by Crippen LogP contribution is -2.31. The Morgan fingerprint density at radius 3 is 2.74 bits per heavy atom. The molecule has 0 spiro atoms. The van der Waals surface area contributed by atoms with Crippen LogP contribution in [0.2, 0.25) is 0 Å². The van der Waals surface area contributed by atoms with E-state index >= 15 is 0 Å². The van der Waals surface area contributed by atoms with Gasteiger partial charge in [-0.25, -0.2) is 0 Å². The van der Waals surface area contributed by atoms with E-state index in [4.69, 9.17) is 4.52 Å². The van der Waals surface area contributed by atoms with Crippen molar-refractivity contribution >= 4 is 5.91 Å². The molecule has 1 fully saturated rings. The smallest absolute Gasteiger partial charge is 0.224 e. The minimum Gasteiger partial charge on any atom is -0.361 e. The van der Waals surface area contributed by atoms with Gasteiger partial charge in [-0.1, -0.05) is 5.16 Å². The number of likely N-dealkylation sites (tertiary alicyclic amines) is 1. The molecule has 0 radical (unpaired) electrons. The van der Waals surface area contributed by atoms with Crippen LogP contribution in [-0.2, 0) is 11.3 Å². The predicted octanol–water partition coefficient (Wildman–Crippen LogP) is 2.86. The lowest BCUT2D eigenvalue weighted by Gasteiger charge is -2.25. The highest BCUT2D eigenvalue weighted by Gasteiger charge is 2.33. The third kappa shape index (κ3) is 3.02. The van der Waals surface area contributed by atoms with Gasteiger partial charge in [0.25, 0.3) is 0 Å². The Bertz CT molecular complexity index is 697. The monoisotopic (exact) mass is 316 g/mol. The average Bonchev–Trinajstić information content (AvgIpc) is 3.17. The van der Waals surface area contributed by atoms with Gasteiger partial charge in [-0.15, -0.1) is 0 Å². The fourth-order valence-corrected chi connectivity index (χ4v) is 3.58. The van der Waals surface area contributed by atoms with Gasteiger partial charge >= 0.3 is 0 Å². The molecule has 1 amide bonds. The third-order valence-electron chi connectivity index (χ3n) is 4.64. The first-order chi connectivity index (χ1) is 11.0. The Kier molecular flexibility index (Phi) is 4.24. The Morgan fingerprint density at radius 1 is 1.35 bits per heavy atom. The van der Waals surface area contributed by atoms with Crippen LogP contribution in [0.1, 0.15) is 53.7 Å². The molecule has 1 atom stereocenters. The lowest BCUT2D eigenvalue weighted by molar-refractivity contribution is -0.132. The maximum atomic E-state index is 12.7. The van der Waals surface area contributed by atoms with Crippen LogP contribution in [0.5, 0.6) is 0 Å². The zero-order valence-electron chi connectivity index (χ0n) is 14.3. The Labute approximate surface area is 136 Å². The van der Waals surface area contributed by atoms with Crippen molar-refractivity contribution in [1.82, 2.24) is 19.8 Å². The van der Waals surface area contributed by atoms with Crippen molar-refractivity contribution in [3.05, 3.63) is 34.5 Å². The maximum Gasteiger partial charge on any atom is 0.224 e. The highest BCUT2D eigenvalue weighted by molar-refractivity contribution is 5.77. The van der Waals surface area contributed by atoms with Crippen molar-refractivity contribution in [3.63, 3.8) is 0 Å². The lowest BCUT2D eigenvalue weighted by atomic mass is 10.0.